The highest BCUT2D eigenvalue weighted by Crippen LogP contribution is 2.26. The molecule has 4 rings (SSSR count). The Morgan fingerprint density at radius 3 is 2.88 bits per heavy atom. The Labute approximate surface area is 150 Å². The number of thiophene rings is 1. The molecule has 1 aliphatic heterocycles. The molecule has 3 aromatic rings. The van der Waals surface area contributed by atoms with Crippen LogP contribution in [0.15, 0.2) is 54.6 Å². The third-order valence-corrected chi connectivity index (χ3v) is 5.67. The van der Waals surface area contributed by atoms with Gasteiger partial charge in [-0.05, 0) is 41.6 Å². The zero-order chi connectivity index (χ0) is 17.2. The number of likely N-dealkylation sites (tertiary alicyclic amines) is 1. The van der Waals surface area contributed by atoms with Crippen molar-refractivity contribution < 1.29 is 9.18 Å². The molecule has 128 valence electrons. The standard InChI is InChI=1S/C20H19FN2OS/c21-16-6-7-18-15(10-16)11-19(25-18)20(24)22-17-8-9-23(13-17)12-14-4-2-1-3-5-14/h1-7,10-11,17H,8-9,12-13H2,(H,22,24)/t17-/m0/s1. The summed E-state index contributed by atoms with van der Waals surface area (Å²) in [5.74, 6) is -0.335. The second-order valence-electron chi connectivity index (χ2n) is 6.47. The van der Waals surface area contributed by atoms with E-state index < -0.39 is 0 Å². The van der Waals surface area contributed by atoms with Gasteiger partial charge in [-0.1, -0.05) is 30.3 Å². The minimum absolute atomic E-state index is 0.0619. The summed E-state index contributed by atoms with van der Waals surface area (Å²) in [7, 11) is 0. The molecule has 0 aliphatic carbocycles. The first-order valence-electron chi connectivity index (χ1n) is 8.43. The lowest BCUT2D eigenvalue weighted by atomic mass is 10.2. The smallest absolute Gasteiger partial charge is 0.261 e. The van der Waals surface area contributed by atoms with Crippen molar-refractivity contribution in [2.24, 2.45) is 0 Å². The van der Waals surface area contributed by atoms with Gasteiger partial charge < -0.3 is 5.32 Å². The van der Waals surface area contributed by atoms with Crippen LogP contribution in [-0.4, -0.2) is 29.9 Å². The summed E-state index contributed by atoms with van der Waals surface area (Å²) < 4.78 is 14.2. The van der Waals surface area contributed by atoms with Crippen molar-refractivity contribution in [3.8, 4) is 0 Å². The Morgan fingerprint density at radius 2 is 2.04 bits per heavy atom. The first kappa shape index (κ1) is 16.2. The van der Waals surface area contributed by atoms with E-state index in [4.69, 9.17) is 0 Å². The zero-order valence-corrected chi connectivity index (χ0v) is 14.6. The van der Waals surface area contributed by atoms with Gasteiger partial charge in [0.05, 0.1) is 4.88 Å². The van der Waals surface area contributed by atoms with Crippen LogP contribution < -0.4 is 5.32 Å². The molecule has 1 aromatic heterocycles. The van der Waals surface area contributed by atoms with Gasteiger partial charge in [-0.2, -0.15) is 0 Å². The highest BCUT2D eigenvalue weighted by atomic mass is 32.1. The number of nitrogens with zero attached hydrogens (tertiary/aromatic N) is 1. The number of fused-ring (bicyclic) bond motifs is 1. The van der Waals surface area contributed by atoms with Crippen LogP contribution in [0.3, 0.4) is 0 Å². The summed E-state index contributed by atoms with van der Waals surface area (Å²) in [6, 6.07) is 16.9. The maximum absolute atomic E-state index is 13.3. The van der Waals surface area contributed by atoms with Gasteiger partial charge in [0.2, 0.25) is 0 Å². The molecule has 0 radical (unpaired) electrons. The van der Waals surface area contributed by atoms with Crippen LogP contribution in [0, 0.1) is 5.82 Å². The van der Waals surface area contributed by atoms with Crippen LogP contribution in [0.1, 0.15) is 21.7 Å². The summed E-state index contributed by atoms with van der Waals surface area (Å²) in [5, 5.41) is 3.91. The second kappa shape index (κ2) is 6.94. The molecule has 1 atom stereocenters. The first-order chi connectivity index (χ1) is 12.2. The number of hydrogen-bond donors (Lipinski definition) is 1. The minimum atomic E-state index is -0.274. The highest BCUT2D eigenvalue weighted by Gasteiger charge is 2.24. The number of carbonyl (C=O) groups excluding carboxylic acids is 1. The lowest BCUT2D eigenvalue weighted by Gasteiger charge is -2.16. The predicted molar refractivity (Wildman–Crippen MR) is 99.4 cm³/mol. The maximum atomic E-state index is 13.3. The fraction of sp³-hybridized carbons (Fsp3) is 0.250. The Kier molecular flexibility index (Phi) is 4.51. The van der Waals surface area contributed by atoms with Gasteiger partial charge in [-0.15, -0.1) is 11.3 Å². The number of halogens is 1. The quantitative estimate of drug-likeness (QED) is 0.767. The van der Waals surface area contributed by atoms with Crippen molar-refractivity contribution in [3.05, 3.63) is 70.9 Å². The molecule has 2 heterocycles. The highest BCUT2D eigenvalue weighted by molar-refractivity contribution is 7.20. The van der Waals surface area contributed by atoms with Crippen LogP contribution in [0.5, 0.6) is 0 Å². The van der Waals surface area contributed by atoms with Crippen molar-refractivity contribution in [3.63, 3.8) is 0 Å². The van der Waals surface area contributed by atoms with Crippen LogP contribution in [0.4, 0.5) is 4.39 Å². The molecule has 0 unspecified atom stereocenters. The third kappa shape index (κ3) is 3.72. The molecular formula is C20H19FN2OS. The first-order valence-corrected chi connectivity index (χ1v) is 9.25. The maximum Gasteiger partial charge on any atom is 0.261 e. The van der Waals surface area contributed by atoms with E-state index in [1.54, 1.807) is 12.1 Å². The number of benzene rings is 2. The SMILES string of the molecule is O=C(N[C@H]1CCN(Cc2ccccc2)C1)c1cc2cc(F)ccc2s1. The van der Waals surface area contributed by atoms with Crippen molar-refractivity contribution in [2.75, 3.05) is 13.1 Å². The topological polar surface area (TPSA) is 32.3 Å². The molecule has 3 nitrogen and oxygen atoms in total. The molecule has 25 heavy (non-hydrogen) atoms. The molecule has 1 fully saturated rings. The van der Waals surface area contributed by atoms with Gasteiger partial charge in [-0.25, -0.2) is 4.39 Å². The lowest BCUT2D eigenvalue weighted by Crippen LogP contribution is -2.36. The van der Waals surface area contributed by atoms with E-state index in [1.165, 1.54) is 29.0 Å². The largest absolute Gasteiger partial charge is 0.347 e. The van der Waals surface area contributed by atoms with Crippen LogP contribution in [0.2, 0.25) is 0 Å². The van der Waals surface area contributed by atoms with Crippen LogP contribution >= 0.6 is 11.3 Å². The normalized spacial score (nSPS) is 17.9. The monoisotopic (exact) mass is 354 g/mol. The van der Waals surface area contributed by atoms with Gasteiger partial charge >= 0.3 is 0 Å². The van der Waals surface area contributed by atoms with E-state index in [1.807, 2.05) is 6.07 Å². The molecule has 1 saturated heterocycles. The molecule has 0 spiro atoms. The van der Waals surface area contributed by atoms with E-state index in [9.17, 15) is 9.18 Å². The Bertz CT molecular complexity index is 893. The Morgan fingerprint density at radius 1 is 1.20 bits per heavy atom. The van der Waals surface area contributed by atoms with Crippen LogP contribution in [0.25, 0.3) is 10.1 Å². The summed E-state index contributed by atoms with van der Waals surface area (Å²) >= 11 is 1.41. The molecule has 1 aliphatic rings. The average Bonchev–Trinajstić information content (AvgIpc) is 3.22. The van der Waals surface area contributed by atoms with Gasteiger partial charge in [0.1, 0.15) is 5.82 Å². The average molecular weight is 354 g/mol. The molecule has 1 amide bonds. The van der Waals surface area contributed by atoms with Crippen molar-refractivity contribution in [1.29, 1.82) is 0 Å². The fourth-order valence-electron chi connectivity index (χ4n) is 3.32. The van der Waals surface area contributed by atoms with E-state index in [0.717, 1.165) is 36.1 Å². The summed E-state index contributed by atoms with van der Waals surface area (Å²) in [6.45, 7) is 2.76. The molecule has 0 saturated carbocycles. The van der Waals surface area contributed by atoms with E-state index in [-0.39, 0.29) is 17.8 Å². The van der Waals surface area contributed by atoms with Crippen LogP contribution in [-0.2, 0) is 6.54 Å². The summed E-state index contributed by atoms with van der Waals surface area (Å²) in [5.41, 5.74) is 1.29. The molecule has 0 bridgehead atoms. The van der Waals surface area contributed by atoms with E-state index in [0.29, 0.717) is 4.88 Å². The number of carbonyl (C=O) groups is 1. The van der Waals surface area contributed by atoms with Gasteiger partial charge in [-0.3, -0.25) is 9.69 Å². The van der Waals surface area contributed by atoms with E-state index >= 15 is 0 Å². The Balaban J connectivity index is 1.37. The fourth-order valence-corrected chi connectivity index (χ4v) is 4.26. The summed E-state index contributed by atoms with van der Waals surface area (Å²) in [6.07, 6.45) is 0.956. The zero-order valence-electron chi connectivity index (χ0n) is 13.7. The lowest BCUT2D eigenvalue weighted by molar-refractivity contribution is 0.0942. The predicted octanol–water partition coefficient (Wildman–Crippen LogP) is 4.04. The minimum Gasteiger partial charge on any atom is -0.347 e. The van der Waals surface area contributed by atoms with Gasteiger partial charge in [0, 0.05) is 30.4 Å². The molecule has 2 aromatic carbocycles. The van der Waals surface area contributed by atoms with E-state index in [2.05, 4.69) is 34.5 Å². The number of rotatable bonds is 4. The number of amides is 1. The van der Waals surface area contributed by atoms with Crippen molar-refractivity contribution >= 4 is 27.3 Å². The number of nitrogens with one attached hydrogen (secondary N) is 1. The molecule has 1 N–H and O–H groups in total. The Hall–Kier alpha value is -2.24. The van der Waals surface area contributed by atoms with Gasteiger partial charge in [0.15, 0.2) is 0 Å². The van der Waals surface area contributed by atoms with Gasteiger partial charge in [0.25, 0.3) is 5.91 Å². The molecule has 5 heteroatoms. The third-order valence-electron chi connectivity index (χ3n) is 4.56. The van der Waals surface area contributed by atoms with Crippen molar-refractivity contribution in [2.45, 2.75) is 19.0 Å². The number of hydrogen-bond acceptors (Lipinski definition) is 3. The van der Waals surface area contributed by atoms with Crippen molar-refractivity contribution in [1.82, 2.24) is 10.2 Å². The summed E-state index contributed by atoms with van der Waals surface area (Å²) in [4.78, 5) is 15.5. The second-order valence-corrected chi connectivity index (χ2v) is 7.56. The molecular weight excluding hydrogens is 335 g/mol.